The predicted molar refractivity (Wildman–Crippen MR) is 98.5 cm³/mol. The van der Waals surface area contributed by atoms with E-state index in [0.29, 0.717) is 29.6 Å². The lowest BCUT2D eigenvalue weighted by molar-refractivity contribution is 0.220. The van der Waals surface area contributed by atoms with Gasteiger partial charge in [0.2, 0.25) is 0 Å². The lowest BCUT2D eigenvalue weighted by Gasteiger charge is -2.22. The Morgan fingerprint density at radius 3 is 2.56 bits per heavy atom. The van der Waals surface area contributed by atoms with E-state index >= 15 is 0 Å². The first-order valence-electron chi connectivity index (χ1n) is 8.52. The third-order valence-electron chi connectivity index (χ3n) is 4.18. The molecule has 0 amide bonds. The Morgan fingerprint density at radius 1 is 0.960 bits per heavy atom. The van der Waals surface area contributed by atoms with Gasteiger partial charge in [-0.25, -0.2) is 0 Å². The Hall–Kier alpha value is -2.37. The molecule has 5 heteroatoms. The SMILES string of the molecule is CN(C)CCCN(Cc1ccco1)Cc1coc2ccccc2c1=O. The molecule has 0 spiro atoms. The van der Waals surface area contributed by atoms with Crippen LogP contribution in [0.5, 0.6) is 0 Å². The number of fused-ring (bicyclic) bond motifs is 1. The number of hydrogen-bond donors (Lipinski definition) is 0. The summed E-state index contributed by atoms with van der Waals surface area (Å²) in [4.78, 5) is 17.1. The minimum atomic E-state index is 0.0407. The molecule has 2 aromatic heterocycles. The van der Waals surface area contributed by atoms with E-state index in [0.717, 1.165) is 25.3 Å². The quantitative estimate of drug-likeness (QED) is 0.629. The standard InChI is InChI=1S/C20H24N2O3/c1-21(2)10-6-11-22(14-17-7-5-12-24-17)13-16-15-25-19-9-4-3-8-18(19)20(16)23/h3-5,7-9,12,15H,6,10-11,13-14H2,1-2H3. The summed E-state index contributed by atoms with van der Waals surface area (Å²) in [6.07, 6.45) is 4.29. The Labute approximate surface area is 147 Å². The Morgan fingerprint density at radius 2 is 1.80 bits per heavy atom. The van der Waals surface area contributed by atoms with Gasteiger partial charge in [0.15, 0.2) is 5.43 Å². The number of furan rings is 1. The molecule has 0 radical (unpaired) electrons. The molecule has 25 heavy (non-hydrogen) atoms. The van der Waals surface area contributed by atoms with Crippen LogP contribution >= 0.6 is 0 Å². The summed E-state index contributed by atoms with van der Waals surface area (Å²) in [5.41, 5.74) is 1.34. The molecule has 0 aliphatic heterocycles. The molecule has 0 saturated carbocycles. The number of benzene rings is 1. The first-order chi connectivity index (χ1) is 12.1. The number of para-hydroxylation sites is 1. The highest BCUT2D eigenvalue weighted by atomic mass is 16.3. The molecule has 0 aliphatic carbocycles. The third-order valence-corrected chi connectivity index (χ3v) is 4.18. The van der Waals surface area contributed by atoms with Gasteiger partial charge < -0.3 is 13.7 Å². The Bertz CT molecular complexity index is 853. The molecule has 2 heterocycles. The molecule has 0 aliphatic rings. The second-order valence-corrected chi connectivity index (χ2v) is 6.53. The van der Waals surface area contributed by atoms with Crippen LogP contribution in [0.25, 0.3) is 11.0 Å². The summed E-state index contributed by atoms with van der Waals surface area (Å²) in [7, 11) is 4.13. The van der Waals surface area contributed by atoms with Gasteiger partial charge in [-0.2, -0.15) is 0 Å². The van der Waals surface area contributed by atoms with Crippen molar-refractivity contribution in [3.63, 3.8) is 0 Å². The van der Waals surface area contributed by atoms with Crippen LogP contribution in [-0.2, 0) is 13.1 Å². The molecule has 132 valence electrons. The lowest BCUT2D eigenvalue weighted by Crippen LogP contribution is -2.28. The van der Waals surface area contributed by atoms with Crippen LogP contribution in [0.2, 0.25) is 0 Å². The summed E-state index contributed by atoms with van der Waals surface area (Å²) >= 11 is 0. The van der Waals surface area contributed by atoms with E-state index in [2.05, 4.69) is 23.9 Å². The van der Waals surface area contributed by atoms with Crippen LogP contribution in [0.4, 0.5) is 0 Å². The van der Waals surface area contributed by atoms with Crippen molar-refractivity contribution in [1.82, 2.24) is 9.80 Å². The molecule has 0 N–H and O–H groups in total. The zero-order valence-electron chi connectivity index (χ0n) is 14.8. The Balaban J connectivity index is 1.78. The van der Waals surface area contributed by atoms with Gasteiger partial charge in [-0.15, -0.1) is 0 Å². The molecule has 0 fully saturated rings. The summed E-state index contributed by atoms with van der Waals surface area (Å²) in [6.45, 7) is 3.10. The van der Waals surface area contributed by atoms with Crippen molar-refractivity contribution in [2.45, 2.75) is 19.5 Å². The predicted octanol–water partition coefficient (Wildman–Crippen LogP) is 3.34. The second kappa shape index (κ2) is 8.14. The minimum absolute atomic E-state index is 0.0407. The summed E-state index contributed by atoms with van der Waals surface area (Å²) in [5.74, 6) is 0.898. The maximum Gasteiger partial charge on any atom is 0.197 e. The first kappa shape index (κ1) is 17.5. The van der Waals surface area contributed by atoms with Gasteiger partial charge in [-0.1, -0.05) is 12.1 Å². The molecule has 5 nitrogen and oxygen atoms in total. The van der Waals surface area contributed by atoms with E-state index in [-0.39, 0.29) is 5.43 Å². The lowest BCUT2D eigenvalue weighted by atomic mass is 10.1. The van der Waals surface area contributed by atoms with Crippen molar-refractivity contribution in [1.29, 1.82) is 0 Å². The highest BCUT2D eigenvalue weighted by Crippen LogP contribution is 2.14. The fraction of sp³-hybridized carbons (Fsp3) is 0.350. The minimum Gasteiger partial charge on any atom is -0.468 e. The summed E-state index contributed by atoms with van der Waals surface area (Å²) < 4.78 is 11.1. The van der Waals surface area contributed by atoms with Crippen LogP contribution in [0, 0.1) is 0 Å². The van der Waals surface area contributed by atoms with E-state index in [1.807, 2.05) is 36.4 Å². The smallest absolute Gasteiger partial charge is 0.197 e. The van der Waals surface area contributed by atoms with E-state index in [1.54, 1.807) is 12.5 Å². The number of hydrogen-bond acceptors (Lipinski definition) is 5. The number of rotatable bonds is 8. The van der Waals surface area contributed by atoms with E-state index in [1.165, 1.54) is 0 Å². The van der Waals surface area contributed by atoms with Gasteiger partial charge >= 0.3 is 0 Å². The summed E-state index contributed by atoms with van der Waals surface area (Å²) in [5, 5.41) is 0.631. The van der Waals surface area contributed by atoms with Crippen LogP contribution in [0.15, 0.2) is 62.6 Å². The molecular weight excluding hydrogens is 316 g/mol. The van der Waals surface area contributed by atoms with Crippen molar-refractivity contribution < 1.29 is 8.83 Å². The summed E-state index contributed by atoms with van der Waals surface area (Å²) in [6, 6.07) is 11.2. The molecule has 1 aromatic carbocycles. The van der Waals surface area contributed by atoms with Crippen molar-refractivity contribution in [2.24, 2.45) is 0 Å². The molecular formula is C20H24N2O3. The van der Waals surface area contributed by atoms with Gasteiger partial charge in [-0.05, 0) is 51.3 Å². The highest BCUT2D eigenvalue weighted by Gasteiger charge is 2.13. The fourth-order valence-corrected chi connectivity index (χ4v) is 2.92. The van der Waals surface area contributed by atoms with Gasteiger partial charge in [0, 0.05) is 18.7 Å². The van der Waals surface area contributed by atoms with Crippen molar-refractivity contribution in [3.05, 3.63) is 70.5 Å². The second-order valence-electron chi connectivity index (χ2n) is 6.53. The normalized spacial score (nSPS) is 11.7. The molecule has 0 saturated heterocycles. The molecule has 3 aromatic rings. The number of nitrogens with zero attached hydrogens (tertiary/aromatic N) is 2. The maximum absolute atomic E-state index is 12.7. The van der Waals surface area contributed by atoms with Gasteiger partial charge in [-0.3, -0.25) is 9.69 Å². The van der Waals surface area contributed by atoms with E-state index in [4.69, 9.17) is 8.83 Å². The average molecular weight is 340 g/mol. The van der Waals surface area contributed by atoms with Gasteiger partial charge in [0.05, 0.1) is 24.5 Å². The van der Waals surface area contributed by atoms with Crippen LogP contribution in [0.3, 0.4) is 0 Å². The van der Waals surface area contributed by atoms with Crippen molar-refractivity contribution >= 4 is 11.0 Å². The molecule has 0 atom stereocenters. The third kappa shape index (κ3) is 4.59. The Kier molecular flexibility index (Phi) is 5.68. The first-order valence-corrected chi connectivity index (χ1v) is 8.52. The fourth-order valence-electron chi connectivity index (χ4n) is 2.92. The van der Waals surface area contributed by atoms with Gasteiger partial charge in [0.1, 0.15) is 11.3 Å². The molecule has 3 rings (SSSR count). The van der Waals surface area contributed by atoms with Gasteiger partial charge in [0.25, 0.3) is 0 Å². The zero-order chi connectivity index (χ0) is 17.6. The van der Waals surface area contributed by atoms with E-state index < -0.39 is 0 Å². The highest BCUT2D eigenvalue weighted by molar-refractivity contribution is 5.76. The monoisotopic (exact) mass is 340 g/mol. The molecule has 0 bridgehead atoms. The average Bonchev–Trinajstić information content (AvgIpc) is 3.10. The van der Waals surface area contributed by atoms with Crippen molar-refractivity contribution in [3.8, 4) is 0 Å². The van der Waals surface area contributed by atoms with Crippen molar-refractivity contribution in [2.75, 3.05) is 27.2 Å². The van der Waals surface area contributed by atoms with Crippen LogP contribution in [0.1, 0.15) is 17.7 Å². The topological polar surface area (TPSA) is 49.8 Å². The molecule has 0 unspecified atom stereocenters. The van der Waals surface area contributed by atoms with Crippen LogP contribution < -0.4 is 5.43 Å². The van der Waals surface area contributed by atoms with E-state index in [9.17, 15) is 4.79 Å². The largest absolute Gasteiger partial charge is 0.468 e. The van der Waals surface area contributed by atoms with Crippen LogP contribution in [-0.4, -0.2) is 37.0 Å². The maximum atomic E-state index is 12.7. The zero-order valence-corrected chi connectivity index (χ0v) is 14.8.